The lowest BCUT2D eigenvalue weighted by Crippen LogP contribution is -2.31. The molecule has 0 aliphatic rings. The number of rotatable bonds is 10. The second-order valence-corrected chi connectivity index (χ2v) is 4.60. The summed E-state index contributed by atoms with van der Waals surface area (Å²) in [6.45, 7) is 7.35. The van der Waals surface area contributed by atoms with Gasteiger partial charge in [-0.2, -0.15) is 0 Å². The highest BCUT2D eigenvalue weighted by atomic mass is 16.1. The topological polar surface area (TPSA) is 29.1 Å². The van der Waals surface area contributed by atoms with Crippen LogP contribution in [0.1, 0.15) is 72.1 Å². The van der Waals surface area contributed by atoms with Crippen molar-refractivity contribution in [1.82, 2.24) is 5.32 Å². The van der Waals surface area contributed by atoms with Crippen LogP contribution in [-0.2, 0) is 4.79 Å². The second-order valence-electron chi connectivity index (χ2n) is 4.60. The Kier molecular flexibility index (Phi) is 10.6. The van der Waals surface area contributed by atoms with Gasteiger partial charge in [0.1, 0.15) is 0 Å². The molecule has 0 spiro atoms. The summed E-state index contributed by atoms with van der Waals surface area (Å²) >= 11 is 0. The Morgan fingerprint density at radius 2 is 1.69 bits per heavy atom. The van der Waals surface area contributed by atoms with Crippen LogP contribution in [0.15, 0.2) is 0 Å². The van der Waals surface area contributed by atoms with Crippen molar-refractivity contribution in [3.8, 4) is 0 Å². The van der Waals surface area contributed by atoms with Crippen molar-refractivity contribution in [1.29, 1.82) is 0 Å². The fourth-order valence-corrected chi connectivity index (χ4v) is 1.88. The van der Waals surface area contributed by atoms with E-state index < -0.39 is 0 Å². The summed E-state index contributed by atoms with van der Waals surface area (Å²) in [5.41, 5.74) is 0. The van der Waals surface area contributed by atoms with E-state index in [0.717, 1.165) is 25.8 Å². The number of amides is 1. The van der Waals surface area contributed by atoms with Crippen LogP contribution in [0.25, 0.3) is 0 Å². The van der Waals surface area contributed by atoms with Crippen LogP contribution in [0.2, 0.25) is 0 Å². The molecule has 1 atom stereocenters. The third kappa shape index (κ3) is 7.72. The summed E-state index contributed by atoms with van der Waals surface area (Å²) in [4.78, 5) is 11.8. The summed E-state index contributed by atoms with van der Waals surface area (Å²) in [7, 11) is 0. The van der Waals surface area contributed by atoms with E-state index in [4.69, 9.17) is 0 Å². The maximum Gasteiger partial charge on any atom is 0.223 e. The first-order chi connectivity index (χ1) is 7.76. The molecule has 0 aromatic carbocycles. The summed E-state index contributed by atoms with van der Waals surface area (Å²) in [6, 6.07) is 0. The summed E-state index contributed by atoms with van der Waals surface area (Å²) in [5.74, 6) is 0.513. The van der Waals surface area contributed by atoms with Crippen LogP contribution in [0, 0.1) is 5.92 Å². The molecule has 96 valence electrons. The lowest BCUT2D eigenvalue weighted by molar-refractivity contribution is -0.125. The van der Waals surface area contributed by atoms with Crippen LogP contribution < -0.4 is 5.32 Å². The molecule has 1 N–H and O–H groups in total. The summed E-state index contributed by atoms with van der Waals surface area (Å²) in [6.07, 6.45) is 9.27. The highest BCUT2D eigenvalue weighted by Gasteiger charge is 2.14. The quantitative estimate of drug-likeness (QED) is 0.563. The Labute approximate surface area is 101 Å². The van der Waals surface area contributed by atoms with Crippen LogP contribution in [-0.4, -0.2) is 12.5 Å². The van der Waals surface area contributed by atoms with E-state index >= 15 is 0 Å². The van der Waals surface area contributed by atoms with E-state index in [1.807, 2.05) is 0 Å². The molecule has 1 amide bonds. The fourth-order valence-electron chi connectivity index (χ4n) is 1.88. The molecule has 0 saturated carbocycles. The zero-order valence-corrected chi connectivity index (χ0v) is 11.3. The normalized spacial score (nSPS) is 12.4. The van der Waals surface area contributed by atoms with Crippen LogP contribution in [0.5, 0.6) is 0 Å². The Bertz CT molecular complexity index is 168. The molecule has 2 nitrogen and oxygen atoms in total. The van der Waals surface area contributed by atoms with Gasteiger partial charge in [0.05, 0.1) is 0 Å². The first kappa shape index (κ1) is 15.5. The van der Waals surface area contributed by atoms with Gasteiger partial charge in [0.15, 0.2) is 0 Å². The summed E-state index contributed by atoms with van der Waals surface area (Å²) < 4.78 is 0. The lowest BCUT2D eigenvalue weighted by Gasteiger charge is -2.14. The minimum atomic E-state index is 0.242. The SMILES string of the molecule is CCCCCCNC(=O)C(CC)CCCC. The van der Waals surface area contributed by atoms with Gasteiger partial charge in [-0.15, -0.1) is 0 Å². The standard InChI is InChI=1S/C14H29NO/c1-4-7-9-10-12-15-14(16)13(6-3)11-8-5-2/h13H,4-12H2,1-3H3,(H,15,16). The van der Waals surface area contributed by atoms with Crippen LogP contribution in [0.4, 0.5) is 0 Å². The van der Waals surface area contributed by atoms with Crippen LogP contribution in [0.3, 0.4) is 0 Å². The summed E-state index contributed by atoms with van der Waals surface area (Å²) in [5, 5.41) is 3.06. The first-order valence-electron chi connectivity index (χ1n) is 7.03. The van der Waals surface area contributed by atoms with Crippen molar-refractivity contribution in [2.75, 3.05) is 6.54 Å². The van der Waals surface area contributed by atoms with Gasteiger partial charge in [0.2, 0.25) is 5.91 Å². The zero-order chi connectivity index (χ0) is 12.2. The Hall–Kier alpha value is -0.530. The predicted molar refractivity (Wildman–Crippen MR) is 70.5 cm³/mol. The van der Waals surface area contributed by atoms with Gasteiger partial charge in [-0.3, -0.25) is 4.79 Å². The third-order valence-corrected chi connectivity index (χ3v) is 3.10. The van der Waals surface area contributed by atoms with Gasteiger partial charge in [-0.25, -0.2) is 0 Å². The van der Waals surface area contributed by atoms with Crippen molar-refractivity contribution in [2.24, 2.45) is 5.92 Å². The van der Waals surface area contributed by atoms with Crippen molar-refractivity contribution >= 4 is 5.91 Å². The molecule has 0 aliphatic heterocycles. The molecule has 0 bridgehead atoms. The first-order valence-corrected chi connectivity index (χ1v) is 7.03. The van der Waals surface area contributed by atoms with Gasteiger partial charge < -0.3 is 5.32 Å². The fraction of sp³-hybridized carbons (Fsp3) is 0.929. The van der Waals surface area contributed by atoms with Crippen molar-refractivity contribution in [3.63, 3.8) is 0 Å². The van der Waals surface area contributed by atoms with Gasteiger partial charge in [0.25, 0.3) is 0 Å². The number of carbonyl (C=O) groups excluding carboxylic acids is 1. The smallest absolute Gasteiger partial charge is 0.223 e. The van der Waals surface area contributed by atoms with Crippen molar-refractivity contribution in [3.05, 3.63) is 0 Å². The van der Waals surface area contributed by atoms with Gasteiger partial charge in [-0.1, -0.05) is 52.9 Å². The third-order valence-electron chi connectivity index (χ3n) is 3.10. The Morgan fingerprint density at radius 3 is 2.25 bits per heavy atom. The maximum atomic E-state index is 11.8. The van der Waals surface area contributed by atoms with E-state index in [-0.39, 0.29) is 11.8 Å². The van der Waals surface area contributed by atoms with Crippen molar-refractivity contribution < 1.29 is 4.79 Å². The molecule has 1 unspecified atom stereocenters. The predicted octanol–water partition coefficient (Wildman–Crippen LogP) is 3.90. The van der Waals surface area contributed by atoms with E-state index in [1.165, 1.54) is 32.1 Å². The zero-order valence-electron chi connectivity index (χ0n) is 11.3. The van der Waals surface area contributed by atoms with E-state index in [0.29, 0.717) is 0 Å². The molecule has 0 heterocycles. The highest BCUT2D eigenvalue weighted by molar-refractivity contribution is 5.78. The van der Waals surface area contributed by atoms with E-state index in [1.54, 1.807) is 0 Å². The average molecular weight is 227 g/mol. The maximum absolute atomic E-state index is 11.8. The van der Waals surface area contributed by atoms with Gasteiger partial charge in [0, 0.05) is 12.5 Å². The van der Waals surface area contributed by atoms with Gasteiger partial charge in [-0.05, 0) is 19.3 Å². The highest BCUT2D eigenvalue weighted by Crippen LogP contribution is 2.12. The van der Waals surface area contributed by atoms with Crippen LogP contribution >= 0.6 is 0 Å². The molecule has 0 radical (unpaired) electrons. The second kappa shape index (κ2) is 11.0. The minimum absolute atomic E-state index is 0.242. The molecule has 0 saturated heterocycles. The molecule has 0 aromatic heterocycles. The monoisotopic (exact) mass is 227 g/mol. The molecular weight excluding hydrogens is 198 g/mol. The lowest BCUT2D eigenvalue weighted by atomic mass is 9.98. The number of hydrogen-bond acceptors (Lipinski definition) is 1. The molecule has 0 rings (SSSR count). The molecule has 16 heavy (non-hydrogen) atoms. The van der Waals surface area contributed by atoms with E-state index in [9.17, 15) is 4.79 Å². The number of carbonyl (C=O) groups is 1. The largest absolute Gasteiger partial charge is 0.356 e. The Morgan fingerprint density at radius 1 is 1.00 bits per heavy atom. The van der Waals surface area contributed by atoms with Gasteiger partial charge >= 0.3 is 0 Å². The Balaban J connectivity index is 3.58. The molecule has 0 fully saturated rings. The molecule has 0 aromatic rings. The van der Waals surface area contributed by atoms with E-state index in [2.05, 4.69) is 26.1 Å². The minimum Gasteiger partial charge on any atom is -0.356 e. The number of nitrogens with one attached hydrogen (secondary N) is 1. The molecule has 0 aliphatic carbocycles. The molecule has 2 heteroatoms. The van der Waals surface area contributed by atoms with Crippen molar-refractivity contribution in [2.45, 2.75) is 72.1 Å². The average Bonchev–Trinajstić information content (AvgIpc) is 2.30. The molecular formula is C14H29NO. The number of hydrogen-bond donors (Lipinski definition) is 1. The number of unbranched alkanes of at least 4 members (excludes halogenated alkanes) is 4.